The highest BCUT2D eigenvalue weighted by Gasteiger charge is 2.35. The molecule has 0 saturated heterocycles. The third-order valence-electron chi connectivity index (χ3n) is 5.64. The second-order valence-corrected chi connectivity index (χ2v) is 9.62. The fourth-order valence-electron chi connectivity index (χ4n) is 3.93. The van der Waals surface area contributed by atoms with Crippen LogP contribution in [0, 0.1) is 6.92 Å². The summed E-state index contributed by atoms with van der Waals surface area (Å²) in [6.07, 6.45) is 4.13. The molecule has 9 nitrogen and oxygen atoms in total. The first kappa shape index (κ1) is 26.4. The molecule has 4 N–H and O–H groups in total. The van der Waals surface area contributed by atoms with Gasteiger partial charge in [-0.15, -0.1) is 0 Å². The molecule has 1 aromatic rings. The van der Waals surface area contributed by atoms with E-state index in [4.69, 9.17) is 4.74 Å². The number of hydrogen-bond donors (Lipinski definition) is 4. The summed E-state index contributed by atoms with van der Waals surface area (Å²) in [5.74, 6) is -0.909. The van der Waals surface area contributed by atoms with E-state index in [-0.39, 0.29) is 17.7 Å². The molecular formula is C24H37N3O6. The molecule has 2 unspecified atom stereocenters. The van der Waals surface area contributed by atoms with E-state index in [2.05, 4.69) is 10.6 Å². The quantitative estimate of drug-likeness (QED) is 0.492. The number of amides is 3. The number of aliphatic hydroxyl groups is 1. The van der Waals surface area contributed by atoms with Gasteiger partial charge in [0.05, 0.1) is 6.61 Å². The number of nitrogens with zero attached hydrogens (tertiary/aromatic N) is 1. The van der Waals surface area contributed by atoms with Gasteiger partial charge in [-0.25, -0.2) is 4.79 Å². The molecule has 0 aromatic heterocycles. The summed E-state index contributed by atoms with van der Waals surface area (Å²) < 4.78 is 5.18. The van der Waals surface area contributed by atoms with Crippen LogP contribution >= 0.6 is 0 Å². The predicted molar refractivity (Wildman–Crippen MR) is 124 cm³/mol. The Hall–Kier alpha value is -2.81. The van der Waals surface area contributed by atoms with Gasteiger partial charge in [-0.05, 0) is 63.8 Å². The number of hydrogen-bond acceptors (Lipinski definition) is 6. The Morgan fingerprint density at radius 3 is 2.36 bits per heavy atom. The standard InChI is InChI=1S/C24H37N3O6/c1-15-13-16(11-12-19(15)29)20(21(30)25-17-9-7-6-8-10-17)27(5)22(31)18(14-28)26-23(32)33-24(2,3)4/h11-13,17-18,20,28-29H,6-10,14H2,1-5H3,(H,25,30)(H,26,32). The zero-order valence-corrected chi connectivity index (χ0v) is 20.2. The van der Waals surface area contributed by atoms with Gasteiger partial charge in [0.1, 0.15) is 23.4 Å². The van der Waals surface area contributed by atoms with E-state index >= 15 is 0 Å². The molecule has 3 amide bonds. The molecule has 0 spiro atoms. The maximum atomic E-state index is 13.3. The molecule has 0 aliphatic heterocycles. The first-order chi connectivity index (χ1) is 15.4. The molecule has 0 bridgehead atoms. The fourth-order valence-corrected chi connectivity index (χ4v) is 3.93. The van der Waals surface area contributed by atoms with E-state index in [1.54, 1.807) is 39.8 Å². The number of carbonyl (C=O) groups is 3. The summed E-state index contributed by atoms with van der Waals surface area (Å²) in [4.78, 5) is 39.9. The minimum Gasteiger partial charge on any atom is -0.508 e. The molecule has 1 aliphatic carbocycles. The zero-order chi connectivity index (χ0) is 24.8. The molecule has 1 aliphatic rings. The van der Waals surface area contributed by atoms with Crippen molar-refractivity contribution >= 4 is 17.9 Å². The number of alkyl carbamates (subject to hydrolysis) is 1. The molecule has 1 fully saturated rings. The fraction of sp³-hybridized carbons (Fsp3) is 0.625. The minimum atomic E-state index is -1.28. The van der Waals surface area contributed by atoms with Crippen LogP contribution in [0.4, 0.5) is 4.79 Å². The van der Waals surface area contributed by atoms with Crippen molar-refractivity contribution in [2.24, 2.45) is 0 Å². The van der Waals surface area contributed by atoms with Gasteiger partial charge in [0.25, 0.3) is 0 Å². The molecule has 1 aromatic carbocycles. The second kappa shape index (κ2) is 11.4. The number of benzene rings is 1. The largest absolute Gasteiger partial charge is 0.508 e. The van der Waals surface area contributed by atoms with E-state index in [9.17, 15) is 24.6 Å². The van der Waals surface area contributed by atoms with Gasteiger partial charge in [-0.1, -0.05) is 25.3 Å². The number of aliphatic hydroxyl groups excluding tert-OH is 1. The summed E-state index contributed by atoms with van der Waals surface area (Å²) in [6, 6.07) is 2.46. The van der Waals surface area contributed by atoms with Crippen LogP contribution in [0.15, 0.2) is 18.2 Å². The Morgan fingerprint density at radius 1 is 1.18 bits per heavy atom. The normalized spacial score (nSPS) is 16.4. The SMILES string of the molecule is Cc1cc(C(C(=O)NC2CCCCC2)N(C)C(=O)C(CO)NC(=O)OC(C)(C)C)ccc1O. The Kier molecular flexibility index (Phi) is 9.10. The molecule has 1 saturated carbocycles. The highest BCUT2D eigenvalue weighted by molar-refractivity contribution is 5.92. The van der Waals surface area contributed by atoms with E-state index in [0.717, 1.165) is 32.1 Å². The number of ether oxygens (including phenoxy) is 1. The van der Waals surface area contributed by atoms with Gasteiger partial charge in [0, 0.05) is 13.1 Å². The summed E-state index contributed by atoms with van der Waals surface area (Å²) in [5, 5.41) is 25.1. The first-order valence-electron chi connectivity index (χ1n) is 11.4. The molecule has 0 radical (unpaired) electrons. The molecule has 184 valence electrons. The van der Waals surface area contributed by atoms with Crippen LogP contribution in [0.3, 0.4) is 0 Å². The van der Waals surface area contributed by atoms with E-state index in [1.807, 2.05) is 0 Å². The molecular weight excluding hydrogens is 426 g/mol. The minimum absolute atomic E-state index is 0.0315. The summed E-state index contributed by atoms with van der Waals surface area (Å²) in [7, 11) is 1.45. The summed E-state index contributed by atoms with van der Waals surface area (Å²) in [6.45, 7) is 6.11. The lowest BCUT2D eigenvalue weighted by atomic mass is 9.94. The molecule has 33 heavy (non-hydrogen) atoms. The lowest BCUT2D eigenvalue weighted by Gasteiger charge is -2.33. The average molecular weight is 464 g/mol. The highest BCUT2D eigenvalue weighted by atomic mass is 16.6. The van der Waals surface area contributed by atoms with Gasteiger partial charge in [-0.3, -0.25) is 9.59 Å². The van der Waals surface area contributed by atoms with Crippen molar-refractivity contribution in [3.8, 4) is 5.75 Å². The van der Waals surface area contributed by atoms with E-state index < -0.39 is 36.3 Å². The van der Waals surface area contributed by atoms with Crippen molar-refractivity contribution in [1.82, 2.24) is 15.5 Å². The van der Waals surface area contributed by atoms with Crippen molar-refractivity contribution in [3.05, 3.63) is 29.3 Å². The van der Waals surface area contributed by atoms with Crippen molar-refractivity contribution in [1.29, 1.82) is 0 Å². The van der Waals surface area contributed by atoms with Crippen LogP contribution in [-0.2, 0) is 14.3 Å². The van der Waals surface area contributed by atoms with Crippen molar-refractivity contribution in [2.45, 2.75) is 83.5 Å². The van der Waals surface area contributed by atoms with Crippen LogP contribution in [0.25, 0.3) is 0 Å². The molecule has 2 atom stereocenters. The number of aryl methyl sites for hydroxylation is 1. The smallest absolute Gasteiger partial charge is 0.408 e. The third kappa shape index (κ3) is 7.63. The number of nitrogens with one attached hydrogen (secondary N) is 2. The van der Waals surface area contributed by atoms with Gasteiger partial charge < -0.3 is 30.5 Å². The Morgan fingerprint density at radius 2 is 1.82 bits per heavy atom. The van der Waals surface area contributed by atoms with Crippen LogP contribution in [0.1, 0.15) is 70.0 Å². The summed E-state index contributed by atoms with van der Waals surface area (Å²) >= 11 is 0. The summed E-state index contributed by atoms with van der Waals surface area (Å²) in [5.41, 5.74) is 0.309. The maximum absolute atomic E-state index is 13.3. The van der Waals surface area contributed by atoms with Gasteiger partial charge in [-0.2, -0.15) is 0 Å². The topological polar surface area (TPSA) is 128 Å². The monoisotopic (exact) mass is 463 g/mol. The highest BCUT2D eigenvalue weighted by Crippen LogP contribution is 2.27. The van der Waals surface area contributed by atoms with Crippen molar-refractivity contribution in [2.75, 3.05) is 13.7 Å². The number of phenols is 1. The zero-order valence-electron chi connectivity index (χ0n) is 20.2. The Labute approximate surface area is 195 Å². The maximum Gasteiger partial charge on any atom is 0.408 e. The van der Waals surface area contributed by atoms with Gasteiger partial charge >= 0.3 is 6.09 Å². The van der Waals surface area contributed by atoms with E-state index in [1.165, 1.54) is 18.0 Å². The Balaban J connectivity index is 2.27. The van der Waals surface area contributed by atoms with Crippen LogP contribution in [-0.4, -0.2) is 64.4 Å². The first-order valence-corrected chi connectivity index (χ1v) is 11.4. The molecule has 2 rings (SSSR count). The number of carbonyl (C=O) groups excluding carboxylic acids is 3. The lowest BCUT2D eigenvalue weighted by Crippen LogP contribution is -2.53. The Bertz CT molecular complexity index is 845. The van der Waals surface area contributed by atoms with Crippen LogP contribution < -0.4 is 10.6 Å². The number of phenolic OH excluding ortho intramolecular Hbond substituents is 1. The van der Waals surface area contributed by atoms with E-state index in [0.29, 0.717) is 11.1 Å². The van der Waals surface area contributed by atoms with Gasteiger partial charge in [0.2, 0.25) is 11.8 Å². The second-order valence-electron chi connectivity index (χ2n) is 9.62. The lowest BCUT2D eigenvalue weighted by molar-refractivity contribution is -0.141. The van der Waals surface area contributed by atoms with Crippen LogP contribution in [0.2, 0.25) is 0 Å². The molecule has 0 heterocycles. The van der Waals surface area contributed by atoms with Crippen molar-refractivity contribution < 1.29 is 29.3 Å². The van der Waals surface area contributed by atoms with Gasteiger partial charge in [0.15, 0.2) is 0 Å². The predicted octanol–water partition coefficient (Wildman–Crippen LogP) is 2.53. The number of aromatic hydroxyl groups is 1. The molecule has 9 heteroatoms. The third-order valence-corrected chi connectivity index (χ3v) is 5.64. The number of likely N-dealkylation sites (N-methyl/N-ethyl adjacent to an activating group) is 1. The van der Waals surface area contributed by atoms with Crippen LogP contribution in [0.5, 0.6) is 5.75 Å². The number of rotatable bonds is 7. The van der Waals surface area contributed by atoms with Crippen molar-refractivity contribution in [3.63, 3.8) is 0 Å². The average Bonchev–Trinajstić information content (AvgIpc) is 2.73.